The monoisotopic (exact) mass is 363 g/mol. The first kappa shape index (κ1) is 16.9. The van der Waals surface area contributed by atoms with Crippen LogP contribution in [0.15, 0.2) is 66.0 Å². The predicted molar refractivity (Wildman–Crippen MR) is 105 cm³/mol. The molecule has 1 aliphatic heterocycles. The van der Waals surface area contributed by atoms with Gasteiger partial charge in [0.15, 0.2) is 0 Å². The summed E-state index contributed by atoms with van der Waals surface area (Å²) < 4.78 is 5.20. The first-order valence-electron chi connectivity index (χ1n) is 8.80. The molecule has 1 atom stereocenters. The van der Waals surface area contributed by atoms with Gasteiger partial charge in [0.2, 0.25) is 5.91 Å². The molecule has 1 aliphatic rings. The van der Waals surface area contributed by atoms with Gasteiger partial charge in [-0.25, -0.2) is 0 Å². The van der Waals surface area contributed by atoms with E-state index in [0.717, 1.165) is 24.3 Å². The highest BCUT2D eigenvalue weighted by Gasteiger charge is 2.32. The van der Waals surface area contributed by atoms with E-state index in [1.54, 1.807) is 18.4 Å². The van der Waals surface area contributed by atoms with Gasteiger partial charge in [-0.1, -0.05) is 42.5 Å². The minimum atomic E-state index is 0.0111. The fourth-order valence-electron chi connectivity index (χ4n) is 3.60. The van der Waals surface area contributed by atoms with Crippen molar-refractivity contribution in [2.75, 3.05) is 13.7 Å². The van der Waals surface area contributed by atoms with Crippen LogP contribution in [0.2, 0.25) is 0 Å². The van der Waals surface area contributed by atoms with Gasteiger partial charge in [0.1, 0.15) is 5.75 Å². The summed E-state index contributed by atoms with van der Waals surface area (Å²) in [6.07, 6.45) is 1.34. The van der Waals surface area contributed by atoms with Crippen molar-refractivity contribution in [1.29, 1.82) is 0 Å². The third-order valence-electron chi connectivity index (χ3n) is 4.92. The zero-order valence-electron chi connectivity index (χ0n) is 14.7. The number of thiophene rings is 1. The molecule has 4 rings (SSSR count). The molecule has 1 amide bonds. The minimum absolute atomic E-state index is 0.0111. The van der Waals surface area contributed by atoms with Crippen molar-refractivity contribution in [2.45, 2.75) is 18.9 Å². The van der Waals surface area contributed by atoms with Crippen molar-refractivity contribution < 1.29 is 9.53 Å². The van der Waals surface area contributed by atoms with Crippen LogP contribution >= 0.6 is 11.3 Å². The smallest absolute Gasteiger partial charge is 0.227 e. The van der Waals surface area contributed by atoms with Crippen LogP contribution in [-0.4, -0.2) is 24.5 Å². The van der Waals surface area contributed by atoms with Crippen LogP contribution in [0.3, 0.4) is 0 Å². The van der Waals surface area contributed by atoms with Gasteiger partial charge < -0.3 is 9.64 Å². The molecule has 4 heteroatoms. The lowest BCUT2D eigenvalue weighted by Gasteiger charge is -2.36. The standard InChI is InChI=1S/C22H21NO2S/c1-25-18-9-7-16(8-10-18)15-21(24)23-13-11-20-19(12-14-26-20)22(23)17-5-3-2-4-6-17/h2-10,12,14,22H,11,13,15H2,1H3. The summed E-state index contributed by atoms with van der Waals surface area (Å²) in [6.45, 7) is 0.766. The molecule has 1 unspecified atom stereocenters. The maximum absolute atomic E-state index is 13.1. The molecular formula is C22H21NO2S. The Kier molecular flexibility index (Phi) is 4.76. The van der Waals surface area contributed by atoms with E-state index in [-0.39, 0.29) is 11.9 Å². The Hall–Kier alpha value is -2.59. The van der Waals surface area contributed by atoms with Crippen molar-refractivity contribution in [3.63, 3.8) is 0 Å². The molecule has 0 spiro atoms. The Bertz CT molecular complexity index is 886. The van der Waals surface area contributed by atoms with Gasteiger partial charge in [-0.15, -0.1) is 11.3 Å². The van der Waals surface area contributed by atoms with Crippen LogP contribution in [0.4, 0.5) is 0 Å². The van der Waals surface area contributed by atoms with Crippen LogP contribution < -0.4 is 4.74 Å². The van der Waals surface area contributed by atoms with E-state index in [1.165, 1.54) is 16.0 Å². The Labute approximate surface area is 157 Å². The normalized spacial score (nSPS) is 16.2. The van der Waals surface area contributed by atoms with Crippen LogP contribution in [0.25, 0.3) is 0 Å². The number of amides is 1. The second kappa shape index (κ2) is 7.34. The summed E-state index contributed by atoms with van der Waals surface area (Å²) >= 11 is 1.79. The maximum Gasteiger partial charge on any atom is 0.227 e. The Balaban J connectivity index is 1.62. The maximum atomic E-state index is 13.1. The lowest BCUT2D eigenvalue weighted by molar-refractivity contribution is -0.132. The number of carbonyl (C=O) groups excluding carboxylic acids is 1. The Morgan fingerprint density at radius 3 is 2.62 bits per heavy atom. The van der Waals surface area contributed by atoms with E-state index in [1.807, 2.05) is 47.4 Å². The Morgan fingerprint density at radius 2 is 1.88 bits per heavy atom. The third-order valence-corrected chi connectivity index (χ3v) is 5.91. The van der Waals surface area contributed by atoms with Crippen LogP contribution in [0.5, 0.6) is 5.75 Å². The van der Waals surface area contributed by atoms with Gasteiger partial charge in [-0.05, 0) is 46.7 Å². The molecule has 3 aromatic rings. The van der Waals surface area contributed by atoms with E-state index in [2.05, 4.69) is 23.6 Å². The van der Waals surface area contributed by atoms with Crippen molar-refractivity contribution in [2.24, 2.45) is 0 Å². The highest BCUT2D eigenvalue weighted by molar-refractivity contribution is 7.10. The van der Waals surface area contributed by atoms with Gasteiger partial charge >= 0.3 is 0 Å². The molecule has 0 fully saturated rings. The van der Waals surface area contributed by atoms with Gasteiger partial charge in [0, 0.05) is 11.4 Å². The number of ether oxygens (including phenoxy) is 1. The lowest BCUT2D eigenvalue weighted by atomic mass is 9.92. The number of hydrogen-bond acceptors (Lipinski definition) is 3. The van der Waals surface area contributed by atoms with Crippen LogP contribution in [-0.2, 0) is 17.6 Å². The summed E-state index contributed by atoms with van der Waals surface area (Å²) in [5.74, 6) is 0.977. The summed E-state index contributed by atoms with van der Waals surface area (Å²) in [6, 6.07) is 20.3. The van der Waals surface area contributed by atoms with Crippen LogP contribution in [0.1, 0.15) is 27.6 Å². The average Bonchev–Trinajstić information content (AvgIpc) is 3.17. The number of rotatable bonds is 4. The van der Waals surface area contributed by atoms with E-state index < -0.39 is 0 Å². The zero-order chi connectivity index (χ0) is 17.9. The fraction of sp³-hybridized carbons (Fsp3) is 0.227. The van der Waals surface area contributed by atoms with Crippen molar-refractivity contribution in [3.8, 4) is 5.75 Å². The van der Waals surface area contributed by atoms with Gasteiger partial charge in [-0.3, -0.25) is 4.79 Å². The molecule has 3 nitrogen and oxygen atoms in total. The first-order valence-corrected chi connectivity index (χ1v) is 9.68. The molecular weight excluding hydrogens is 342 g/mol. The average molecular weight is 363 g/mol. The summed E-state index contributed by atoms with van der Waals surface area (Å²) in [7, 11) is 1.65. The molecule has 0 aliphatic carbocycles. The second-order valence-corrected chi connectivity index (χ2v) is 7.47. The summed E-state index contributed by atoms with van der Waals surface area (Å²) in [5.41, 5.74) is 3.46. The molecule has 0 N–H and O–H groups in total. The summed E-state index contributed by atoms with van der Waals surface area (Å²) in [5, 5.41) is 2.14. The summed E-state index contributed by atoms with van der Waals surface area (Å²) in [4.78, 5) is 16.6. The SMILES string of the molecule is COc1ccc(CC(=O)N2CCc3sccc3C2c2ccccc2)cc1. The van der Waals surface area contributed by atoms with E-state index in [0.29, 0.717) is 6.42 Å². The molecule has 0 saturated carbocycles. The van der Waals surface area contributed by atoms with E-state index in [9.17, 15) is 4.79 Å². The molecule has 0 saturated heterocycles. The predicted octanol–water partition coefficient (Wildman–Crippen LogP) is 4.47. The number of carbonyl (C=O) groups is 1. The molecule has 132 valence electrons. The number of hydrogen-bond donors (Lipinski definition) is 0. The first-order chi connectivity index (χ1) is 12.8. The van der Waals surface area contributed by atoms with Crippen molar-refractivity contribution in [1.82, 2.24) is 4.90 Å². The molecule has 26 heavy (non-hydrogen) atoms. The highest BCUT2D eigenvalue weighted by Crippen LogP contribution is 2.38. The zero-order valence-corrected chi connectivity index (χ0v) is 15.5. The third kappa shape index (κ3) is 3.25. The fourth-order valence-corrected chi connectivity index (χ4v) is 4.50. The van der Waals surface area contributed by atoms with Gasteiger partial charge in [-0.2, -0.15) is 0 Å². The van der Waals surface area contributed by atoms with E-state index >= 15 is 0 Å². The number of methoxy groups -OCH3 is 1. The number of benzene rings is 2. The molecule has 1 aromatic heterocycles. The van der Waals surface area contributed by atoms with Crippen LogP contribution in [0, 0.1) is 0 Å². The molecule has 0 radical (unpaired) electrons. The molecule has 2 aromatic carbocycles. The topological polar surface area (TPSA) is 29.5 Å². The minimum Gasteiger partial charge on any atom is -0.497 e. The number of nitrogens with zero attached hydrogens (tertiary/aromatic N) is 1. The van der Waals surface area contributed by atoms with Gasteiger partial charge in [0.25, 0.3) is 0 Å². The van der Waals surface area contributed by atoms with Crippen molar-refractivity contribution in [3.05, 3.63) is 87.6 Å². The largest absolute Gasteiger partial charge is 0.497 e. The quantitative estimate of drug-likeness (QED) is 0.684. The highest BCUT2D eigenvalue weighted by atomic mass is 32.1. The molecule has 0 bridgehead atoms. The molecule has 2 heterocycles. The lowest BCUT2D eigenvalue weighted by Crippen LogP contribution is -2.40. The van der Waals surface area contributed by atoms with Gasteiger partial charge in [0.05, 0.1) is 19.6 Å². The second-order valence-electron chi connectivity index (χ2n) is 6.47. The van der Waals surface area contributed by atoms with Crippen molar-refractivity contribution >= 4 is 17.2 Å². The Morgan fingerprint density at radius 1 is 1.12 bits per heavy atom. The van der Waals surface area contributed by atoms with E-state index in [4.69, 9.17) is 4.74 Å². The number of fused-ring (bicyclic) bond motifs is 1.